The Labute approximate surface area is 104 Å². The van der Waals surface area contributed by atoms with Gasteiger partial charge in [-0.2, -0.15) is 5.26 Å². The molecule has 1 atom stereocenters. The molecule has 6 heteroatoms. The number of benzene rings is 1. The molecular weight excluding hydrogens is 234 g/mol. The molecule has 1 unspecified atom stereocenters. The first-order valence-electron chi connectivity index (χ1n) is 5.38. The topological polar surface area (TPSA) is 96.0 Å². The Balaban J connectivity index is 2.88. The maximum Gasteiger partial charge on any atom is 0.269 e. The third kappa shape index (κ3) is 3.28. The van der Waals surface area contributed by atoms with Gasteiger partial charge in [0.1, 0.15) is 0 Å². The van der Waals surface area contributed by atoms with E-state index in [1.165, 1.54) is 18.2 Å². The van der Waals surface area contributed by atoms with Crippen LogP contribution in [0.15, 0.2) is 18.2 Å². The fourth-order valence-corrected chi connectivity index (χ4v) is 1.51. The minimum atomic E-state index is -0.507. The first-order valence-corrected chi connectivity index (χ1v) is 5.38. The van der Waals surface area contributed by atoms with Gasteiger partial charge in [-0.25, -0.2) is 0 Å². The number of carbonyl (C=O) groups excluding carboxylic acids is 1. The smallest absolute Gasteiger partial charge is 0.269 e. The fourth-order valence-electron chi connectivity index (χ4n) is 1.51. The second-order valence-corrected chi connectivity index (χ2v) is 3.99. The lowest BCUT2D eigenvalue weighted by Crippen LogP contribution is -2.32. The van der Waals surface area contributed by atoms with E-state index in [9.17, 15) is 14.9 Å². The Kier molecular flexibility index (Phi) is 4.38. The third-order valence-corrected chi connectivity index (χ3v) is 2.44. The second kappa shape index (κ2) is 5.77. The van der Waals surface area contributed by atoms with Crippen LogP contribution in [-0.2, 0) is 0 Å². The number of nitro groups is 1. The number of hydrogen-bond donors (Lipinski definition) is 1. The first kappa shape index (κ1) is 13.6. The molecule has 0 fully saturated rings. The Bertz CT molecular complexity index is 520. The normalized spacial score (nSPS) is 11.4. The maximum absolute atomic E-state index is 11.8. The molecule has 0 aliphatic heterocycles. The molecule has 0 aromatic heterocycles. The molecule has 0 bridgehead atoms. The Hall–Kier alpha value is -2.42. The Morgan fingerprint density at radius 3 is 2.78 bits per heavy atom. The lowest BCUT2D eigenvalue weighted by Gasteiger charge is -2.11. The molecule has 0 heterocycles. The van der Waals surface area contributed by atoms with Crippen LogP contribution in [0.1, 0.15) is 29.3 Å². The van der Waals surface area contributed by atoms with Crippen LogP contribution in [-0.4, -0.2) is 16.9 Å². The molecule has 6 nitrogen and oxygen atoms in total. The van der Waals surface area contributed by atoms with E-state index in [2.05, 4.69) is 5.32 Å². The number of non-ortho nitro benzene ring substituents is 1. The van der Waals surface area contributed by atoms with E-state index >= 15 is 0 Å². The molecule has 1 N–H and O–H groups in total. The zero-order chi connectivity index (χ0) is 13.7. The van der Waals surface area contributed by atoms with E-state index in [0.717, 1.165) is 0 Å². The lowest BCUT2D eigenvalue weighted by molar-refractivity contribution is -0.384. The molecule has 0 saturated carbocycles. The number of hydrogen-bond acceptors (Lipinski definition) is 4. The monoisotopic (exact) mass is 247 g/mol. The van der Waals surface area contributed by atoms with E-state index in [1.807, 2.05) is 6.07 Å². The summed E-state index contributed by atoms with van der Waals surface area (Å²) in [4.78, 5) is 21.9. The zero-order valence-corrected chi connectivity index (χ0v) is 10.1. The molecular formula is C12H13N3O3. The van der Waals surface area contributed by atoms with E-state index in [4.69, 9.17) is 5.26 Å². The number of carbonyl (C=O) groups is 1. The van der Waals surface area contributed by atoms with Crippen LogP contribution in [0.4, 0.5) is 5.69 Å². The van der Waals surface area contributed by atoms with Gasteiger partial charge in [-0.1, -0.05) is 0 Å². The van der Waals surface area contributed by atoms with Gasteiger partial charge in [0.25, 0.3) is 11.6 Å². The van der Waals surface area contributed by atoms with Crippen LogP contribution in [0, 0.1) is 28.4 Å². The summed E-state index contributed by atoms with van der Waals surface area (Å²) >= 11 is 0. The fraction of sp³-hybridized carbons (Fsp3) is 0.333. The van der Waals surface area contributed by atoms with Crippen molar-refractivity contribution in [2.45, 2.75) is 26.3 Å². The quantitative estimate of drug-likeness (QED) is 0.649. The van der Waals surface area contributed by atoms with Crippen molar-refractivity contribution < 1.29 is 9.72 Å². The van der Waals surface area contributed by atoms with Crippen LogP contribution in [0.25, 0.3) is 0 Å². The molecule has 1 aromatic rings. The van der Waals surface area contributed by atoms with Crippen molar-refractivity contribution >= 4 is 11.6 Å². The summed E-state index contributed by atoms with van der Waals surface area (Å²) in [7, 11) is 0. The predicted octanol–water partition coefficient (Wildman–Crippen LogP) is 1.94. The summed E-state index contributed by atoms with van der Waals surface area (Å²) in [5, 5.41) is 21.7. The Morgan fingerprint density at radius 2 is 2.28 bits per heavy atom. The highest BCUT2D eigenvalue weighted by Gasteiger charge is 2.14. The molecule has 18 heavy (non-hydrogen) atoms. The highest BCUT2D eigenvalue weighted by molar-refractivity contribution is 5.96. The SMILES string of the molecule is Cc1cc([N+](=O)[O-])ccc1C(=O)NC(C)CC#N. The van der Waals surface area contributed by atoms with Crippen LogP contribution < -0.4 is 5.32 Å². The number of amides is 1. The van der Waals surface area contributed by atoms with Crippen molar-refractivity contribution in [1.29, 1.82) is 5.26 Å². The third-order valence-electron chi connectivity index (χ3n) is 2.44. The highest BCUT2D eigenvalue weighted by Crippen LogP contribution is 2.17. The minimum Gasteiger partial charge on any atom is -0.349 e. The summed E-state index contributed by atoms with van der Waals surface area (Å²) in [5.41, 5.74) is 0.866. The molecule has 0 saturated heterocycles. The van der Waals surface area contributed by atoms with Crippen LogP contribution in [0.3, 0.4) is 0 Å². The van der Waals surface area contributed by atoms with Crippen LogP contribution in [0.2, 0.25) is 0 Å². The summed E-state index contributed by atoms with van der Waals surface area (Å²) in [6.07, 6.45) is 0.220. The van der Waals surface area contributed by atoms with Gasteiger partial charge >= 0.3 is 0 Å². The maximum atomic E-state index is 11.8. The summed E-state index contributed by atoms with van der Waals surface area (Å²) in [5.74, 6) is -0.329. The summed E-state index contributed by atoms with van der Waals surface area (Å²) < 4.78 is 0. The number of nitriles is 1. The number of nitrogens with zero attached hydrogens (tertiary/aromatic N) is 2. The second-order valence-electron chi connectivity index (χ2n) is 3.99. The van der Waals surface area contributed by atoms with Crippen molar-refractivity contribution in [3.05, 3.63) is 39.4 Å². The summed E-state index contributed by atoms with van der Waals surface area (Å²) in [6, 6.07) is 5.76. The molecule has 0 radical (unpaired) electrons. The largest absolute Gasteiger partial charge is 0.349 e. The van der Waals surface area contributed by atoms with Crippen molar-refractivity contribution in [3.63, 3.8) is 0 Å². The zero-order valence-electron chi connectivity index (χ0n) is 10.1. The molecule has 1 aromatic carbocycles. The van der Waals surface area contributed by atoms with Crippen molar-refractivity contribution in [2.24, 2.45) is 0 Å². The van der Waals surface area contributed by atoms with E-state index in [1.54, 1.807) is 13.8 Å². The van der Waals surface area contributed by atoms with Crippen LogP contribution in [0.5, 0.6) is 0 Å². The molecule has 0 aliphatic rings. The standard InChI is InChI=1S/C12H13N3O3/c1-8-7-10(15(17)18)3-4-11(8)12(16)14-9(2)5-6-13/h3-4,7,9H,5H2,1-2H3,(H,14,16). The van der Waals surface area contributed by atoms with Gasteiger partial charge in [-0.05, 0) is 25.5 Å². The van der Waals surface area contributed by atoms with Crippen molar-refractivity contribution in [2.75, 3.05) is 0 Å². The average molecular weight is 247 g/mol. The highest BCUT2D eigenvalue weighted by atomic mass is 16.6. The number of nitrogens with one attached hydrogen (secondary N) is 1. The molecule has 1 amide bonds. The number of aryl methyl sites for hydroxylation is 1. The molecule has 1 rings (SSSR count). The summed E-state index contributed by atoms with van der Waals surface area (Å²) in [6.45, 7) is 3.36. The molecule has 0 spiro atoms. The van der Waals surface area contributed by atoms with Gasteiger partial charge in [-0.3, -0.25) is 14.9 Å². The van der Waals surface area contributed by atoms with Gasteiger partial charge < -0.3 is 5.32 Å². The average Bonchev–Trinajstić information content (AvgIpc) is 2.28. The van der Waals surface area contributed by atoms with Gasteiger partial charge in [0.05, 0.1) is 17.4 Å². The van der Waals surface area contributed by atoms with Crippen molar-refractivity contribution in [3.8, 4) is 6.07 Å². The lowest BCUT2D eigenvalue weighted by atomic mass is 10.1. The van der Waals surface area contributed by atoms with E-state index in [0.29, 0.717) is 11.1 Å². The molecule has 0 aliphatic carbocycles. The van der Waals surface area contributed by atoms with Gasteiger partial charge in [0, 0.05) is 23.7 Å². The van der Waals surface area contributed by atoms with Crippen LogP contribution >= 0.6 is 0 Å². The Morgan fingerprint density at radius 1 is 1.61 bits per heavy atom. The van der Waals surface area contributed by atoms with Gasteiger partial charge in [-0.15, -0.1) is 0 Å². The van der Waals surface area contributed by atoms with Gasteiger partial charge in [0.15, 0.2) is 0 Å². The van der Waals surface area contributed by atoms with Gasteiger partial charge in [0.2, 0.25) is 0 Å². The number of rotatable bonds is 4. The predicted molar refractivity (Wildman–Crippen MR) is 65.0 cm³/mol. The number of nitro benzene ring substituents is 1. The van der Waals surface area contributed by atoms with E-state index < -0.39 is 4.92 Å². The molecule has 94 valence electrons. The van der Waals surface area contributed by atoms with E-state index in [-0.39, 0.29) is 24.1 Å². The first-order chi connectivity index (χ1) is 8.45. The van der Waals surface area contributed by atoms with Crippen molar-refractivity contribution in [1.82, 2.24) is 5.32 Å². The minimum absolute atomic E-state index is 0.0471.